The van der Waals surface area contributed by atoms with Gasteiger partial charge in [-0.15, -0.1) is 0 Å². The van der Waals surface area contributed by atoms with Crippen molar-refractivity contribution in [1.82, 2.24) is 0 Å². The quantitative estimate of drug-likeness (QED) is 0.661. The molecule has 2 saturated heterocycles. The van der Waals surface area contributed by atoms with E-state index >= 15 is 0 Å². The summed E-state index contributed by atoms with van der Waals surface area (Å²) in [4.78, 5) is 25.3. The summed E-state index contributed by atoms with van der Waals surface area (Å²) in [5.41, 5.74) is 0.340. The van der Waals surface area contributed by atoms with Crippen molar-refractivity contribution in [2.45, 2.75) is 96.6 Å². The molecule has 0 N–H and O–H groups in total. The van der Waals surface area contributed by atoms with E-state index in [-0.39, 0.29) is 42.8 Å². The van der Waals surface area contributed by atoms with Crippen LogP contribution in [0.3, 0.4) is 0 Å². The van der Waals surface area contributed by atoms with E-state index in [4.69, 9.17) is 18.9 Å². The zero-order valence-corrected chi connectivity index (χ0v) is 18.1. The van der Waals surface area contributed by atoms with Crippen LogP contribution in [0.1, 0.15) is 72.1 Å². The Morgan fingerprint density at radius 1 is 0.828 bits per heavy atom. The minimum atomic E-state index is -0.422. The highest BCUT2D eigenvalue weighted by atomic mass is 16.6. The van der Waals surface area contributed by atoms with Gasteiger partial charge in [0.2, 0.25) is 0 Å². The maximum atomic E-state index is 12.7. The first-order chi connectivity index (χ1) is 13.8. The number of fused-ring (bicyclic) bond motifs is 1. The largest absolute Gasteiger partial charge is 0.462 e. The third-order valence-electron chi connectivity index (χ3n) is 7.50. The molecule has 2 aliphatic carbocycles. The fraction of sp³-hybridized carbons (Fsp3) is 0.913. The summed E-state index contributed by atoms with van der Waals surface area (Å²) in [6, 6.07) is 0. The van der Waals surface area contributed by atoms with E-state index in [0.717, 1.165) is 51.4 Å². The Bertz CT molecular complexity index is 598. The highest BCUT2D eigenvalue weighted by Crippen LogP contribution is 2.38. The lowest BCUT2D eigenvalue weighted by molar-refractivity contribution is -0.162. The topological polar surface area (TPSA) is 71.1 Å². The van der Waals surface area contributed by atoms with E-state index in [1.807, 2.05) is 0 Å². The molecule has 2 saturated carbocycles. The number of ether oxygens (including phenoxy) is 4. The molecule has 2 aliphatic heterocycles. The van der Waals surface area contributed by atoms with Crippen LogP contribution in [-0.4, -0.2) is 49.6 Å². The van der Waals surface area contributed by atoms with Crippen LogP contribution >= 0.6 is 0 Å². The van der Waals surface area contributed by atoms with Gasteiger partial charge in [-0.2, -0.15) is 0 Å². The molecule has 4 unspecified atom stereocenters. The Hall–Kier alpha value is -1.14. The second kappa shape index (κ2) is 8.54. The fourth-order valence-electron chi connectivity index (χ4n) is 5.25. The van der Waals surface area contributed by atoms with Crippen molar-refractivity contribution in [3.05, 3.63) is 0 Å². The number of hydrogen-bond donors (Lipinski definition) is 0. The summed E-state index contributed by atoms with van der Waals surface area (Å²) in [5.74, 6) is -0.100. The molecule has 2 heterocycles. The van der Waals surface area contributed by atoms with Crippen LogP contribution in [-0.2, 0) is 28.5 Å². The lowest BCUT2D eigenvalue weighted by atomic mass is 9.76. The summed E-state index contributed by atoms with van der Waals surface area (Å²) in [5, 5.41) is 0. The van der Waals surface area contributed by atoms with E-state index < -0.39 is 12.0 Å². The van der Waals surface area contributed by atoms with Crippen LogP contribution in [0.5, 0.6) is 0 Å². The van der Waals surface area contributed by atoms with E-state index in [2.05, 4.69) is 20.8 Å². The molecule has 4 aliphatic rings. The Balaban J connectivity index is 1.26. The van der Waals surface area contributed by atoms with E-state index in [0.29, 0.717) is 17.9 Å². The number of carbonyl (C=O) groups is 2. The molecule has 6 nitrogen and oxygen atoms in total. The highest BCUT2D eigenvalue weighted by Gasteiger charge is 2.53. The van der Waals surface area contributed by atoms with Gasteiger partial charge in [-0.25, -0.2) is 0 Å². The standard InChI is InChI=1S/C23H36O6/c1-14-4-6-15(7-5-14)21(24)29-18-13-27-19-17(12-26-20(18)19)22(25)28-16-8-10-23(2,3)11-9-16/h14-20H,4-13H2,1-3H3. The SMILES string of the molecule is CC1CCC(C(=O)OC2COC3C(C(=O)OC4CCC(C)(C)CC4)COC23)CC1. The number of carbonyl (C=O) groups excluding carboxylic acids is 2. The second-order valence-electron chi connectivity index (χ2n) is 10.4. The molecule has 6 heteroatoms. The molecule has 0 spiro atoms. The van der Waals surface area contributed by atoms with Crippen molar-refractivity contribution in [3.8, 4) is 0 Å². The molecule has 4 atom stereocenters. The van der Waals surface area contributed by atoms with Crippen LogP contribution < -0.4 is 0 Å². The number of hydrogen-bond acceptors (Lipinski definition) is 6. The third kappa shape index (κ3) is 4.79. The molecule has 4 fully saturated rings. The van der Waals surface area contributed by atoms with Gasteiger partial charge in [0.05, 0.1) is 19.1 Å². The van der Waals surface area contributed by atoms with Crippen molar-refractivity contribution in [3.63, 3.8) is 0 Å². The first kappa shape index (κ1) is 21.1. The second-order valence-corrected chi connectivity index (χ2v) is 10.4. The molecular weight excluding hydrogens is 372 g/mol. The molecule has 0 aromatic heterocycles. The van der Waals surface area contributed by atoms with Gasteiger partial charge in [-0.05, 0) is 62.7 Å². The van der Waals surface area contributed by atoms with Gasteiger partial charge in [0.1, 0.15) is 24.2 Å². The highest BCUT2D eigenvalue weighted by molar-refractivity contribution is 5.74. The molecule has 0 aromatic carbocycles. The minimum Gasteiger partial charge on any atom is -0.462 e. The first-order valence-corrected chi connectivity index (χ1v) is 11.5. The van der Waals surface area contributed by atoms with Gasteiger partial charge in [0.25, 0.3) is 0 Å². The van der Waals surface area contributed by atoms with Crippen LogP contribution in [0.25, 0.3) is 0 Å². The monoisotopic (exact) mass is 408 g/mol. The van der Waals surface area contributed by atoms with Crippen molar-refractivity contribution >= 4 is 11.9 Å². The Kier molecular flexibility index (Phi) is 6.22. The van der Waals surface area contributed by atoms with Gasteiger partial charge < -0.3 is 18.9 Å². The van der Waals surface area contributed by atoms with Crippen molar-refractivity contribution in [2.75, 3.05) is 13.2 Å². The molecule has 164 valence electrons. The van der Waals surface area contributed by atoms with Gasteiger partial charge in [-0.1, -0.05) is 20.8 Å². The molecule has 0 bridgehead atoms. The summed E-state index contributed by atoms with van der Waals surface area (Å²) in [7, 11) is 0. The average molecular weight is 409 g/mol. The summed E-state index contributed by atoms with van der Waals surface area (Å²) in [6.45, 7) is 7.34. The number of esters is 2. The Morgan fingerprint density at radius 3 is 2.17 bits per heavy atom. The normalized spacial score (nSPS) is 39.7. The van der Waals surface area contributed by atoms with Gasteiger partial charge in [-0.3, -0.25) is 9.59 Å². The van der Waals surface area contributed by atoms with Crippen LogP contribution in [0.15, 0.2) is 0 Å². The van der Waals surface area contributed by atoms with Crippen molar-refractivity contribution in [2.24, 2.45) is 23.2 Å². The van der Waals surface area contributed by atoms with Crippen LogP contribution in [0, 0.1) is 23.2 Å². The molecule has 0 amide bonds. The van der Waals surface area contributed by atoms with Crippen molar-refractivity contribution in [1.29, 1.82) is 0 Å². The van der Waals surface area contributed by atoms with Crippen LogP contribution in [0.2, 0.25) is 0 Å². The molecule has 0 aromatic rings. The summed E-state index contributed by atoms with van der Waals surface area (Å²) < 4.78 is 23.2. The Morgan fingerprint density at radius 2 is 1.48 bits per heavy atom. The smallest absolute Gasteiger partial charge is 0.314 e. The van der Waals surface area contributed by atoms with Crippen molar-refractivity contribution < 1.29 is 28.5 Å². The minimum absolute atomic E-state index is 0.00158. The maximum Gasteiger partial charge on any atom is 0.314 e. The lowest BCUT2D eigenvalue weighted by Gasteiger charge is -2.34. The van der Waals surface area contributed by atoms with E-state index in [1.165, 1.54) is 0 Å². The molecule has 4 rings (SSSR count). The van der Waals surface area contributed by atoms with Crippen LogP contribution in [0.4, 0.5) is 0 Å². The Labute approximate surface area is 174 Å². The van der Waals surface area contributed by atoms with E-state index in [9.17, 15) is 9.59 Å². The molecule has 29 heavy (non-hydrogen) atoms. The summed E-state index contributed by atoms with van der Waals surface area (Å²) in [6.07, 6.45) is 6.80. The predicted octanol–water partition coefficient (Wildman–Crippen LogP) is 3.65. The zero-order chi connectivity index (χ0) is 20.6. The first-order valence-electron chi connectivity index (χ1n) is 11.5. The zero-order valence-electron chi connectivity index (χ0n) is 18.1. The average Bonchev–Trinajstić information content (AvgIpc) is 3.27. The third-order valence-corrected chi connectivity index (χ3v) is 7.50. The number of rotatable bonds is 4. The van der Waals surface area contributed by atoms with Gasteiger partial charge in [0.15, 0.2) is 6.10 Å². The van der Waals surface area contributed by atoms with E-state index in [1.54, 1.807) is 0 Å². The predicted molar refractivity (Wildman–Crippen MR) is 106 cm³/mol. The lowest BCUT2D eigenvalue weighted by Crippen LogP contribution is -2.38. The maximum absolute atomic E-state index is 12.7. The molecule has 0 radical (unpaired) electrons. The van der Waals surface area contributed by atoms with Gasteiger partial charge >= 0.3 is 11.9 Å². The summed E-state index contributed by atoms with van der Waals surface area (Å²) >= 11 is 0. The molecular formula is C23H36O6. The van der Waals surface area contributed by atoms with Gasteiger partial charge in [0, 0.05) is 0 Å². The fourth-order valence-corrected chi connectivity index (χ4v) is 5.25.